The van der Waals surface area contributed by atoms with Crippen LogP contribution in [0.5, 0.6) is 0 Å². The second-order valence-corrected chi connectivity index (χ2v) is 8.92. The predicted octanol–water partition coefficient (Wildman–Crippen LogP) is 8.58. The van der Waals surface area contributed by atoms with Gasteiger partial charge in [-0.05, 0) is 25.7 Å². The van der Waals surface area contributed by atoms with E-state index in [0.717, 1.165) is 0 Å². The van der Waals surface area contributed by atoms with Crippen molar-refractivity contribution in [1.29, 1.82) is 0 Å². The molecule has 0 N–H and O–H groups in total. The first-order chi connectivity index (χ1) is 10.8. The lowest BCUT2D eigenvalue weighted by Gasteiger charge is -2.03. The van der Waals surface area contributed by atoms with Gasteiger partial charge in [-0.25, -0.2) is 0 Å². The summed E-state index contributed by atoms with van der Waals surface area (Å²) >= 11 is 8.23. The molecule has 0 aliphatic heterocycles. The average Bonchev–Trinajstić information content (AvgIpc) is 2.50. The van der Waals surface area contributed by atoms with Crippen LogP contribution in [0.15, 0.2) is 24.3 Å². The summed E-state index contributed by atoms with van der Waals surface area (Å²) in [6.07, 6.45) is 27.8. The Morgan fingerprint density at radius 3 is 1.68 bits per heavy atom. The first-order valence-corrected chi connectivity index (χ1v) is 11.1. The van der Waals surface area contributed by atoms with Gasteiger partial charge in [0.1, 0.15) is 0 Å². The Morgan fingerprint density at radius 1 is 0.727 bits per heavy atom. The third kappa shape index (κ3) is 20.5. The minimum atomic E-state index is 0.332. The van der Waals surface area contributed by atoms with Crippen molar-refractivity contribution in [1.82, 2.24) is 0 Å². The topological polar surface area (TPSA) is 0 Å². The van der Waals surface area contributed by atoms with Crippen LogP contribution in [0.3, 0.4) is 0 Å². The third-order valence-electron chi connectivity index (χ3n) is 3.90. The number of hydrogen-bond donors (Lipinski definition) is 0. The first kappa shape index (κ1) is 22.5. The van der Waals surface area contributed by atoms with Gasteiger partial charge in [-0.3, -0.25) is 0 Å². The molecule has 0 aliphatic carbocycles. The summed E-state index contributed by atoms with van der Waals surface area (Å²) in [5.74, 6) is 0. The Morgan fingerprint density at radius 2 is 1.18 bits per heavy atom. The van der Waals surface area contributed by atoms with Crippen LogP contribution >= 0.6 is 34.2 Å². The molecule has 0 aromatic rings. The van der Waals surface area contributed by atoms with Crippen LogP contribution in [0.4, 0.5) is 0 Å². The minimum absolute atomic E-state index is 0.332. The van der Waals surface area contributed by atoms with E-state index in [4.69, 9.17) is 11.6 Å². The van der Waals surface area contributed by atoms with Gasteiger partial charge in [-0.15, -0.1) is 11.6 Å². The molecular weight excluding hydrogens is 403 g/mol. The maximum absolute atomic E-state index is 5.93. The maximum atomic E-state index is 5.93. The van der Waals surface area contributed by atoms with Crippen LogP contribution in [-0.2, 0) is 0 Å². The van der Waals surface area contributed by atoms with Gasteiger partial charge >= 0.3 is 0 Å². The lowest BCUT2D eigenvalue weighted by atomic mass is 10.1. The highest BCUT2D eigenvalue weighted by Gasteiger charge is 1.97. The zero-order chi connectivity index (χ0) is 16.3. The van der Waals surface area contributed by atoms with Gasteiger partial charge in [-0.2, -0.15) is 0 Å². The molecule has 0 aromatic heterocycles. The van der Waals surface area contributed by atoms with E-state index in [1.165, 1.54) is 89.9 Å². The summed E-state index contributed by atoms with van der Waals surface area (Å²) in [6, 6.07) is 0. The first-order valence-electron chi connectivity index (χ1n) is 9.37. The summed E-state index contributed by atoms with van der Waals surface area (Å²) in [5, 5.41) is 0. The Kier molecular flexibility index (Phi) is 20.0. The molecule has 0 aromatic carbocycles. The summed E-state index contributed by atoms with van der Waals surface area (Å²) in [4.78, 5) is 0. The van der Waals surface area contributed by atoms with E-state index >= 15 is 0 Å². The van der Waals surface area contributed by atoms with Gasteiger partial charge in [0, 0.05) is 0 Å². The molecule has 0 spiro atoms. The quantitative estimate of drug-likeness (QED) is 0.0979. The van der Waals surface area contributed by atoms with E-state index in [0.29, 0.717) is 3.38 Å². The minimum Gasteiger partial charge on any atom is -0.111 e. The third-order valence-corrected chi connectivity index (χ3v) is 4.74. The Labute approximate surface area is 158 Å². The maximum Gasteiger partial charge on any atom is 0.0850 e. The standard InChI is InChI=1S/C20H36ClI/c1-2-3-4-5-6-7-8-9-10-11-12-13-14-15-16-17-18-19-20(21)22/h5-8,20H,2-4,9-19H2,1H3. The number of halogens is 2. The molecule has 1 unspecified atom stereocenters. The number of unbranched alkanes of at least 4 members (excludes halogenated alkanes) is 11. The molecule has 0 amide bonds. The molecule has 0 aliphatic rings. The van der Waals surface area contributed by atoms with Crippen molar-refractivity contribution in [3.8, 4) is 0 Å². The molecule has 0 saturated heterocycles. The van der Waals surface area contributed by atoms with E-state index in [1.54, 1.807) is 0 Å². The van der Waals surface area contributed by atoms with Crippen molar-refractivity contribution in [3.63, 3.8) is 0 Å². The number of alkyl halides is 2. The van der Waals surface area contributed by atoms with Crippen molar-refractivity contribution in [2.45, 2.75) is 100 Å². The second-order valence-electron chi connectivity index (χ2n) is 6.15. The highest BCUT2D eigenvalue weighted by atomic mass is 127. The molecule has 0 fully saturated rings. The van der Waals surface area contributed by atoms with Gasteiger partial charge in [-0.1, -0.05) is 118 Å². The van der Waals surface area contributed by atoms with Crippen molar-refractivity contribution < 1.29 is 0 Å². The van der Waals surface area contributed by atoms with Crippen molar-refractivity contribution in [3.05, 3.63) is 24.3 Å². The highest BCUT2D eigenvalue weighted by molar-refractivity contribution is 14.1. The number of allylic oxidation sites excluding steroid dienone is 4. The fraction of sp³-hybridized carbons (Fsp3) is 0.800. The van der Waals surface area contributed by atoms with E-state index in [-0.39, 0.29) is 0 Å². The average molecular weight is 439 g/mol. The van der Waals surface area contributed by atoms with Crippen LogP contribution < -0.4 is 0 Å². The molecule has 0 bridgehead atoms. The Bertz CT molecular complexity index is 258. The zero-order valence-corrected chi connectivity index (χ0v) is 17.5. The molecule has 0 nitrogen and oxygen atoms in total. The molecule has 22 heavy (non-hydrogen) atoms. The van der Waals surface area contributed by atoms with Crippen LogP contribution in [-0.4, -0.2) is 3.38 Å². The largest absolute Gasteiger partial charge is 0.111 e. The molecule has 0 heterocycles. The predicted molar refractivity (Wildman–Crippen MR) is 112 cm³/mol. The monoisotopic (exact) mass is 438 g/mol. The second kappa shape index (κ2) is 19.5. The number of hydrogen-bond acceptors (Lipinski definition) is 0. The normalized spacial score (nSPS) is 13.4. The molecule has 1 atom stereocenters. The summed E-state index contributed by atoms with van der Waals surface area (Å²) in [5.41, 5.74) is 0. The zero-order valence-electron chi connectivity index (χ0n) is 14.5. The Hall–Kier alpha value is 0.500. The van der Waals surface area contributed by atoms with E-state index in [1.807, 2.05) is 0 Å². The molecular formula is C20H36ClI. The van der Waals surface area contributed by atoms with Crippen molar-refractivity contribution in [2.75, 3.05) is 0 Å². The van der Waals surface area contributed by atoms with Gasteiger partial charge in [0.15, 0.2) is 0 Å². The van der Waals surface area contributed by atoms with Crippen LogP contribution in [0.25, 0.3) is 0 Å². The molecule has 130 valence electrons. The summed E-state index contributed by atoms with van der Waals surface area (Å²) < 4.78 is 0.332. The highest BCUT2D eigenvalue weighted by Crippen LogP contribution is 2.16. The lowest BCUT2D eigenvalue weighted by Crippen LogP contribution is -1.86. The van der Waals surface area contributed by atoms with Crippen LogP contribution in [0.2, 0.25) is 0 Å². The van der Waals surface area contributed by atoms with E-state index < -0.39 is 0 Å². The van der Waals surface area contributed by atoms with E-state index in [2.05, 4.69) is 53.8 Å². The Balaban J connectivity index is 3.11. The van der Waals surface area contributed by atoms with Crippen molar-refractivity contribution in [2.24, 2.45) is 0 Å². The smallest absolute Gasteiger partial charge is 0.0850 e. The number of rotatable bonds is 16. The fourth-order valence-electron chi connectivity index (χ4n) is 2.47. The molecule has 0 radical (unpaired) electrons. The van der Waals surface area contributed by atoms with Gasteiger partial charge in [0.2, 0.25) is 0 Å². The summed E-state index contributed by atoms with van der Waals surface area (Å²) in [6.45, 7) is 2.24. The molecule has 0 saturated carbocycles. The van der Waals surface area contributed by atoms with Gasteiger partial charge < -0.3 is 0 Å². The van der Waals surface area contributed by atoms with Crippen LogP contribution in [0, 0.1) is 0 Å². The van der Waals surface area contributed by atoms with Crippen molar-refractivity contribution >= 4 is 34.2 Å². The van der Waals surface area contributed by atoms with Gasteiger partial charge in [0.05, 0.1) is 3.38 Å². The molecule has 2 heteroatoms. The van der Waals surface area contributed by atoms with Gasteiger partial charge in [0.25, 0.3) is 0 Å². The molecule has 0 rings (SSSR count). The summed E-state index contributed by atoms with van der Waals surface area (Å²) in [7, 11) is 0. The SMILES string of the molecule is CCCCC=CC=CCCCCCCCCCCCC(Cl)I. The lowest BCUT2D eigenvalue weighted by molar-refractivity contribution is 0.557. The fourth-order valence-corrected chi connectivity index (χ4v) is 3.06. The van der Waals surface area contributed by atoms with E-state index in [9.17, 15) is 0 Å². The van der Waals surface area contributed by atoms with Crippen LogP contribution in [0.1, 0.15) is 96.8 Å².